The highest BCUT2D eigenvalue weighted by atomic mass is 35.5. The van der Waals surface area contributed by atoms with Crippen molar-refractivity contribution < 1.29 is 45.0 Å². The Labute approximate surface area is 311 Å². The third kappa shape index (κ3) is 6.67. The number of nitrogen functional groups attached to an aromatic ring is 1. The molecular weight excluding hydrogens is 762 g/mol. The van der Waals surface area contributed by atoms with E-state index in [0.29, 0.717) is 27.2 Å². The van der Waals surface area contributed by atoms with Gasteiger partial charge in [-0.25, -0.2) is 31.3 Å². The Hall–Kier alpha value is -5.47. The fraction of sp³-hybridized carbons (Fsp3) is 0.297. The van der Waals surface area contributed by atoms with Gasteiger partial charge >= 0.3 is 0 Å². The van der Waals surface area contributed by atoms with Gasteiger partial charge in [0.15, 0.2) is 11.4 Å². The molecule has 0 saturated heterocycles. The lowest BCUT2D eigenvalue weighted by Gasteiger charge is -2.27. The first-order valence-corrected chi connectivity index (χ1v) is 16.9. The van der Waals surface area contributed by atoms with Crippen molar-refractivity contribution in [2.45, 2.75) is 42.9 Å². The van der Waals surface area contributed by atoms with Crippen LogP contribution in [0.1, 0.15) is 52.3 Å². The minimum Gasteiger partial charge on any atom is -0.382 e. The topological polar surface area (TPSA) is 124 Å². The molecule has 0 fully saturated rings. The quantitative estimate of drug-likeness (QED) is 0.0815. The van der Waals surface area contributed by atoms with Crippen molar-refractivity contribution in [3.05, 3.63) is 105 Å². The van der Waals surface area contributed by atoms with Gasteiger partial charge in [0.1, 0.15) is 48.6 Å². The summed E-state index contributed by atoms with van der Waals surface area (Å²) in [6, 6.07) is 7.08. The van der Waals surface area contributed by atoms with E-state index in [-0.39, 0.29) is 38.9 Å². The monoisotopic (exact) mass is 789 g/mol. The van der Waals surface area contributed by atoms with Crippen LogP contribution in [0.5, 0.6) is 0 Å². The van der Waals surface area contributed by atoms with E-state index in [4.69, 9.17) is 17.3 Å². The second kappa shape index (κ2) is 14.0. The van der Waals surface area contributed by atoms with Crippen LogP contribution in [0, 0.1) is 29.4 Å². The number of carbonyl (C=O) groups excluding carboxylic acids is 1. The highest BCUT2D eigenvalue weighted by Crippen LogP contribution is 2.60. The minimum atomic E-state index is -3.62. The van der Waals surface area contributed by atoms with E-state index in [9.17, 15) is 36.2 Å². The Morgan fingerprint density at radius 3 is 2.38 bits per heavy atom. The molecule has 0 aliphatic heterocycles. The molecule has 4 N–H and O–H groups in total. The highest BCUT2D eigenvalue weighted by molar-refractivity contribution is 6.37. The SMILES string of the molecule is Cn1nc(N)c2c(Cl)ccc(-c3ccc(C#CC(O)(CF)CF)nc3[C@H](Cc3cc(F)cc(F)c3)NC(=O)Cn3nc(C(F)F)c4c3C(F)(F)[C@@H]3C=C[C@H]43)c21. The summed E-state index contributed by atoms with van der Waals surface area (Å²) in [7, 11) is 1.57. The number of alkyl halides is 6. The third-order valence-electron chi connectivity index (χ3n) is 9.57. The maximum atomic E-state index is 15.5. The summed E-state index contributed by atoms with van der Waals surface area (Å²) in [6.45, 7) is -4.09. The number of nitrogens with zero attached hydrogens (tertiary/aromatic N) is 5. The van der Waals surface area contributed by atoms with Gasteiger partial charge in [-0.1, -0.05) is 35.7 Å². The average Bonchev–Trinajstić information content (AvgIpc) is 3.67. The first kappa shape index (κ1) is 37.8. The number of aromatic nitrogens is 5. The molecule has 2 aromatic carbocycles. The summed E-state index contributed by atoms with van der Waals surface area (Å²) in [6.07, 6.45) is -1.06. The predicted octanol–water partition coefficient (Wildman–Crippen LogP) is 6.78. The minimum absolute atomic E-state index is 0.00329. The standard InChI is InChI=1S/C37H28ClF8N7O2/c1-52-32-22(5-7-25(38)29(32)35(47)51-52)21-3-2-20(8-9-36(55,15-39)16-40)48-30(21)26(12-17-10-18(41)13-19(42)11-17)49-27(54)14-53-33-28(31(50-53)34(43)44)23-4-6-24(23)37(33,45)46/h2-7,10-11,13,23-24,26,34,55H,12,14-16H2,1H3,(H2,47,51)(H,49,54)/t23-,24+,26-/m0/s1. The van der Waals surface area contributed by atoms with Crippen LogP contribution in [0.4, 0.5) is 40.9 Å². The summed E-state index contributed by atoms with van der Waals surface area (Å²) < 4.78 is 117. The molecular formula is C37H28ClF8N7O2. The summed E-state index contributed by atoms with van der Waals surface area (Å²) >= 11 is 6.47. The summed E-state index contributed by atoms with van der Waals surface area (Å²) in [4.78, 5) is 18.4. The van der Waals surface area contributed by atoms with E-state index in [1.54, 1.807) is 13.1 Å². The molecule has 0 bridgehead atoms. The lowest BCUT2D eigenvalue weighted by atomic mass is 9.81. The van der Waals surface area contributed by atoms with Gasteiger partial charge in [-0.05, 0) is 48.2 Å². The van der Waals surface area contributed by atoms with Crippen molar-refractivity contribution in [1.29, 1.82) is 0 Å². The van der Waals surface area contributed by atoms with Crippen molar-refractivity contribution in [2.75, 3.05) is 19.1 Å². The Morgan fingerprint density at radius 2 is 1.75 bits per heavy atom. The van der Waals surface area contributed by atoms with Crippen LogP contribution in [-0.4, -0.2) is 54.5 Å². The normalized spacial score (nSPS) is 17.5. The predicted molar refractivity (Wildman–Crippen MR) is 185 cm³/mol. The zero-order chi connectivity index (χ0) is 39.6. The number of hydrogen-bond donors (Lipinski definition) is 3. The number of pyridine rings is 1. The second-order valence-electron chi connectivity index (χ2n) is 13.3. The average molecular weight is 790 g/mol. The lowest BCUT2D eigenvalue weighted by molar-refractivity contribution is -0.123. The van der Waals surface area contributed by atoms with Gasteiger partial charge in [0.2, 0.25) is 5.91 Å². The molecule has 0 radical (unpaired) electrons. The van der Waals surface area contributed by atoms with Crippen LogP contribution in [-0.2, 0) is 30.7 Å². The van der Waals surface area contributed by atoms with Crippen molar-refractivity contribution in [1.82, 2.24) is 29.9 Å². The molecule has 9 nitrogen and oxygen atoms in total. The summed E-state index contributed by atoms with van der Waals surface area (Å²) in [5.74, 6) is -4.43. The number of benzene rings is 2. The zero-order valence-corrected chi connectivity index (χ0v) is 29.2. The third-order valence-corrected chi connectivity index (χ3v) is 9.89. The van der Waals surface area contributed by atoms with E-state index in [2.05, 4.69) is 32.3 Å². The van der Waals surface area contributed by atoms with Gasteiger partial charge in [-0.2, -0.15) is 19.0 Å². The van der Waals surface area contributed by atoms with Gasteiger partial charge in [-0.15, -0.1) is 0 Å². The Balaban J connectivity index is 1.38. The summed E-state index contributed by atoms with van der Waals surface area (Å²) in [5, 5.41) is 21.3. The van der Waals surface area contributed by atoms with E-state index < -0.39 is 91.1 Å². The van der Waals surface area contributed by atoms with E-state index in [1.165, 1.54) is 35.0 Å². The van der Waals surface area contributed by atoms with Crippen molar-refractivity contribution in [2.24, 2.45) is 13.0 Å². The molecule has 3 atom stereocenters. The molecule has 5 aromatic rings. The van der Waals surface area contributed by atoms with Gasteiger partial charge in [-0.3, -0.25) is 14.2 Å². The highest BCUT2D eigenvalue weighted by Gasteiger charge is 2.60. The van der Waals surface area contributed by atoms with Crippen LogP contribution >= 0.6 is 11.6 Å². The number of anilines is 1. The largest absolute Gasteiger partial charge is 0.382 e. The van der Waals surface area contributed by atoms with Gasteiger partial charge in [0, 0.05) is 35.7 Å². The van der Waals surface area contributed by atoms with Crippen LogP contribution in [0.25, 0.3) is 22.0 Å². The molecule has 7 rings (SSSR count). The number of hydrogen-bond acceptors (Lipinski definition) is 6. The Kier molecular flexibility index (Phi) is 9.62. The molecule has 1 amide bonds. The van der Waals surface area contributed by atoms with Gasteiger partial charge < -0.3 is 16.2 Å². The lowest BCUT2D eigenvalue weighted by Crippen LogP contribution is -2.35. The molecule has 0 spiro atoms. The van der Waals surface area contributed by atoms with Gasteiger partial charge in [0.25, 0.3) is 12.3 Å². The molecule has 18 heteroatoms. The molecule has 3 aromatic heterocycles. The van der Waals surface area contributed by atoms with Crippen molar-refractivity contribution in [3.63, 3.8) is 0 Å². The Morgan fingerprint density at radius 1 is 1.05 bits per heavy atom. The smallest absolute Gasteiger partial charge is 0.296 e. The fourth-order valence-corrected chi connectivity index (χ4v) is 7.32. The molecule has 0 unspecified atom stereocenters. The maximum Gasteiger partial charge on any atom is 0.296 e. The molecule has 286 valence electrons. The first-order chi connectivity index (χ1) is 26.0. The molecule has 0 saturated carbocycles. The number of halogens is 9. The van der Waals surface area contributed by atoms with E-state index in [0.717, 1.165) is 12.1 Å². The number of allylic oxidation sites excluding steroid dienone is 2. The molecule has 2 aliphatic rings. The number of nitrogens with one attached hydrogen (secondary N) is 1. The second-order valence-corrected chi connectivity index (χ2v) is 13.7. The first-order valence-electron chi connectivity index (χ1n) is 16.5. The number of nitrogens with two attached hydrogens (primary N) is 1. The molecule has 55 heavy (non-hydrogen) atoms. The number of carbonyl (C=O) groups is 1. The summed E-state index contributed by atoms with van der Waals surface area (Å²) in [5.41, 5.74) is 2.16. The van der Waals surface area contributed by atoms with Crippen molar-refractivity contribution >= 4 is 34.2 Å². The van der Waals surface area contributed by atoms with Crippen LogP contribution in [0.15, 0.2) is 54.6 Å². The maximum absolute atomic E-state index is 15.5. The zero-order valence-electron chi connectivity index (χ0n) is 28.4. The van der Waals surface area contributed by atoms with E-state index in [1.807, 2.05) is 0 Å². The van der Waals surface area contributed by atoms with Crippen LogP contribution in [0.2, 0.25) is 5.02 Å². The number of aryl methyl sites for hydroxylation is 1. The number of aliphatic hydroxyl groups is 1. The van der Waals surface area contributed by atoms with Crippen LogP contribution in [0.3, 0.4) is 0 Å². The molecule has 2 aliphatic carbocycles. The van der Waals surface area contributed by atoms with Crippen molar-refractivity contribution in [3.8, 4) is 23.0 Å². The molecule has 3 heterocycles. The van der Waals surface area contributed by atoms with Crippen LogP contribution < -0.4 is 11.1 Å². The number of fused-ring (bicyclic) bond motifs is 4. The van der Waals surface area contributed by atoms with Gasteiger partial charge in [0.05, 0.1) is 33.6 Å². The van der Waals surface area contributed by atoms with E-state index >= 15 is 8.78 Å². The Bertz CT molecular complexity index is 2430. The fourth-order valence-electron chi connectivity index (χ4n) is 7.07. The number of amides is 1. The number of rotatable bonds is 10.